The highest BCUT2D eigenvalue weighted by Gasteiger charge is 2.35. The van der Waals surface area contributed by atoms with Gasteiger partial charge in [-0.25, -0.2) is 4.79 Å². The van der Waals surface area contributed by atoms with E-state index >= 15 is 0 Å². The number of hydrogen-bond donors (Lipinski definition) is 1. The van der Waals surface area contributed by atoms with Gasteiger partial charge in [0.1, 0.15) is 0 Å². The normalized spacial score (nSPS) is 17.2. The number of nitrogens with one attached hydrogen (secondary N) is 1. The van der Waals surface area contributed by atoms with Crippen molar-refractivity contribution >= 4 is 27.9 Å². The Labute approximate surface area is 143 Å². The first kappa shape index (κ1) is 15.7. The Morgan fingerprint density at radius 3 is 2.61 bits per heavy atom. The summed E-state index contributed by atoms with van der Waals surface area (Å²) < 4.78 is 0.925. The van der Waals surface area contributed by atoms with Crippen LogP contribution in [0.15, 0.2) is 59.1 Å². The molecular weight excluding hydrogens is 356 g/mol. The minimum Gasteiger partial charge on any atom is -0.336 e. The van der Waals surface area contributed by atoms with Crippen LogP contribution in [0.2, 0.25) is 0 Å². The highest BCUT2D eigenvalue weighted by molar-refractivity contribution is 9.10. The van der Waals surface area contributed by atoms with E-state index in [0.29, 0.717) is 13.0 Å². The highest BCUT2D eigenvalue weighted by atomic mass is 79.9. The minimum atomic E-state index is -0.300. The van der Waals surface area contributed by atoms with E-state index in [1.807, 2.05) is 54.6 Å². The molecule has 2 aromatic carbocycles. The summed E-state index contributed by atoms with van der Waals surface area (Å²) in [4.78, 5) is 26.0. The number of halogens is 1. The molecule has 1 fully saturated rings. The molecule has 3 rings (SSSR count). The van der Waals surface area contributed by atoms with Crippen molar-refractivity contribution in [2.24, 2.45) is 0 Å². The molecule has 1 atom stereocenters. The Morgan fingerprint density at radius 2 is 1.87 bits per heavy atom. The van der Waals surface area contributed by atoms with Crippen LogP contribution in [-0.2, 0) is 17.6 Å². The first-order chi connectivity index (χ1) is 11.1. The van der Waals surface area contributed by atoms with E-state index in [-0.39, 0.29) is 24.4 Å². The summed E-state index contributed by atoms with van der Waals surface area (Å²) in [6.07, 6.45) is 0.891. The third kappa shape index (κ3) is 3.79. The van der Waals surface area contributed by atoms with Gasteiger partial charge in [-0.05, 0) is 29.7 Å². The van der Waals surface area contributed by atoms with Gasteiger partial charge in [0.25, 0.3) is 0 Å². The SMILES string of the molecule is O=C(Cc1cccc(Br)c1)N1C(=O)NC[C@@H]1Cc1ccccc1. The number of imide groups is 1. The van der Waals surface area contributed by atoms with Crippen LogP contribution < -0.4 is 5.32 Å². The maximum atomic E-state index is 12.6. The maximum absolute atomic E-state index is 12.6. The van der Waals surface area contributed by atoms with Crippen molar-refractivity contribution in [2.45, 2.75) is 18.9 Å². The molecule has 0 spiro atoms. The minimum absolute atomic E-state index is 0.135. The molecule has 0 bridgehead atoms. The molecule has 1 aliphatic rings. The first-order valence-electron chi connectivity index (χ1n) is 7.52. The molecule has 23 heavy (non-hydrogen) atoms. The van der Waals surface area contributed by atoms with E-state index in [2.05, 4.69) is 21.2 Å². The lowest BCUT2D eigenvalue weighted by atomic mass is 10.0. The van der Waals surface area contributed by atoms with Gasteiger partial charge in [-0.2, -0.15) is 0 Å². The van der Waals surface area contributed by atoms with E-state index in [0.717, 1.165) is 15.6 Å². The zero-order chi connectivity index (χ0) is 16.2. The lowest BCUT2D eigenvalue weighted by Crippen LogP contribution is -2.41. The molecule has 1 aliphatic heterocycles. The predicted molar refractivity (Wildman–Crippen MR) is 92.0 cm³/mol. The summed E-state index contributed by atoms with van der Waals surface area (Å²) in [5.74, 6) is -0.168. The fourth-order valence-electron chi connectivity index (χ4n) is 2.82. The van der Waals surface area contributed by atoms with E-state index in [9.17, 15) is 9.59 Å². The summed E-state index contributed by atoms with van der Waals surface area (Å²) in [6.45, 7) is 0.498. The number of nitrogens with zero attached hydrogens (tertiary/aromatic N) is 1. The first-order valence-corrected chi connectivity index (χ1v) is 8.31. The van der Waals surface area contributed by atoms with Crippen LogP contribution in [0.3, 0.4) is 0 Å². The lowest BCUT2D eigenvalue weighted by molar-refractivity contribution is -0.128. The van der Waals surface area contributed by atoms with Gasteiger partial charge in [-0.3, -0.25) is 9.69 Å². The van der Waals surface area contributed by atoms with Gasteiger partial charge < -0.3 is 5.32 Å². The Morgan fingerprint density at radius 1 is 1.13 bits per heavy atom. The molecule has 0 aromatic heterocycles. The van der Waals surface area contributed by atoms with Gasteiger partial charge in [-0.15, -0.1) is 0 Å². The highest BCUT2D eigenvalue weighted by Crippen LogP contribution is 2.17. The lowest BCUT2D eigenvalue weighted by Gasteiger charge is -2.21. The van der Waals surface area contributed by atoms with Crippen LogP contribution in [0.4, 0.5) is 4.79 Å². The number of carbonyl (C=O) groups excluding carboxylic acids is 2. The van der Waals surface area contributed by atoms with Crippen LogP contribution in [0.25, 0.3) is 0 Å². The van der Waals surface area contributed by atoms with E-state index < -0.39 is 0 Å². The van der Waals surface area contributed by atoms with Gasteiger partial charge in [0.15, 0.2) is 0 Å². The molecule has 118 valence electrons. The summed E-state index contributed by atoms with van der Waals surface area (Å²) in [6, 6.07) is 17.1. The largest absolute Gasteiger partial charge is 0.336 e. The second kappa shape index (κ2) is 6.96. The van der Waals surface area contributed by atoms with Gasteiger partial charge in [-0.1, -0.05) is 58.4 Å². The molecule has 0 unspecified atom stereocenters. The second-order valence-electron chi connectivity index (χ2n) is 5.60. The average molecular weight is 373 g/mol. The average Bonchev–Trinajstić information content (AvgIpc) is 2.89. The van der Waals surface area contributed by atoms with Crippen molar-refractivity contribution < 1.29 is 9.59 Å². The number of urea groups is 1. The van der Waals surface area contributed by atoms with Crippen LogP contribution in [0, 0.1) is 0 Å². The van der Waals surface area contributed by atoms with Crippen molar-refractivity contribution in [2.75, 3.05) is 6.54 Å². The van der Waals surface area contributed by atoms with Crippen molar-refractivity contribution in [3.8, 4) is 0 Å². The zero-order valence-electron chi connectivity index (χ0n) is 12.5. The second-order valence-corrected chi connectivity index (χ2v) is 6.52. The van der Waals surface area contributed by atoms with Crippen LogP contribution in [0.1, 0.15) is 11.1 Å². The maximum Gasteiger partial charge on any atom is 0.324 e. The standard InChI is InChI=1S/C18H17BrN2O2/c19-15-8-4-7-14(9-15)11-17(22)21-16(12-20-18(21)23)10-13-5-2-1-3-6-13/h1-9,16H,10-12H2,(H,20,23)/t16-/m0/s1. The van der Waals surface area contributed by atoms with Gasteiger partial charge in [0.2, 0.25) is 5.91 Å². The molecule has 5 heteroatoms. The Balaban J connectivity index is 1.73. The van der Waals surface area contributed by atoms with Crippen molar-refractivity contribution in [1.82, 2.24) is 10.2 Å². The molecule has 2 aromatic rings. The fourth-order valence-corrected chi connectivity index (χ4v) is 3.27. The number of rotatable bonds is 4. The summed E-state index contributed by atoms with van der Waals surface area (Å²) in [5.41, 5.74) is 2.01. The summed E-state index contributed by atoms with van der Waals surface area (Å²) in [7, 11) is 0. The molecule has 4 nitrogen and oxygen atoms in total. The number of carbonyl (C=O) groups is 2. The molecule has 1 N–H and O–H groups in total. The van der Waals surface area contributed by atoms with Crippen LogP contribution in [-0.4, -0.2) is 29.4 Å². The molecule has 1 saturated heterocycles. The quantitative estimate of drug-likeness (QED) is 0.895. The molecule has 1 heterocycles. The number of hydrogen-bond acceptors (Lipinski definition) is 2. The number of amides is 3. The Bertz CT molecular complexity index is 718. The molecule has 0 aliphatic carbocycles. The predicted octanol–water partition coefficient (Wildman–Crippen LogP) is 3.15. The summed E-state index contributed by atoms with van der Waals surface area (Å²) >= 11 is 3.40. The van der Waals surface area contributed by atoms with E-state index in [4.69, 9.17) is 0 Å². The van der Waals surface area contributed by atoms with Gasteiger partial charge in [0.05, 0.1) is 12.5 Å². The van der Waals surface area contributed by atoms with E-state index in [1.165, 1.54) is 4.90 Å². The summed E-state index contributed by atoms with van der Waals surface area (Å²) in [5, 5.41) is 2.77. The molecular formula is C18H17BrN2O2. The van der Waals surface area contributed by atoms with E-state index in [1.54, 1.807) is 0 Å². The smallest absolute Gasteiger partial charge is 0.324 e. The molecule has 0 radical (unpaired) electrons. The fraction of sp³-hybridized carbons (Fsp3) is 0.222. The van der Waals surface area contributed by atoms with Crippen LogP contribution >= 0.6 is 15.9 Å². The zero-order valence-corrected chi connectivity index (χ0v) is 14.1. The third-order valence-electron chi connectivity index (χ3n) is 3.90. The van der Waals surface area contributed by atoms with Gasteiger partial charge in [0, 0.05) is 11.0 Å². The monoisotopic (exact) mass is 372 g/mol. The van der Waals surface area contributed by atoms with Crippen molar-refractivity contribution in [3.05, 3.63) is 70.2 Å². The molecule has 3 amide bonds. The van der Waals surface area contributed by atoms with Crippen molar-refractivity contribution in [1.29, 1.82) is 0 Å². The van der Waals surface area contributed by atoms with Gasteiger partial charge >= 0.3 is 6.03 Å². The van der Waals surface area contributed by atoms with Crippen LogP contribution in [0.5, 0.6) is 0 Å². The third-order valence-corrected chi connectivity index (χ3v) is 4.39. The Kier molecular flexibility index (Phi) is 4.76. The van der Waals surface area contributed by atoms with Crippen molar-refractivity contribution in [3.63, 3.8) is 0 Å². The number of benzene rings is 2. The topological polar surface area (TPSA) is 49.4 Å². The molecule has 0 saturated carbocycles. The Hall–Kier alpha value is -2.14.